The zero-order valence-corrected chi connectivity index (χ0v) is 16.7. The normalized spacial score (nSPS) is 21.2. The molecule has 0 spiro atoms. The molecule has 7 nitrogen and oxygen atoms in total. The predicted molar refractivity (Wildman–Crippen MR) is 104 cm³/mol. The van der Waals surface area contributed by atoms with Crippen LogP contribution in [0.3, 0.4) is 0 Å². The summed E-state index contributed by atoms with van der Waals surface area (Å²) in [5.74, 6) is -0.887. The topological polar surface area (TPSA) is 88.3 Å². The van der Waals surface area contributed by atoms with Gasteiger partial charge in [-0.05, 0) is 37.0 Å². The van der Waals surface area contributed by atoms with Crippen LogP contribution in [0.1, 0.15) is 73.7 Å². The molecule has 4 rings (SSSR count). The number of aromatic nitrogens is 2. The Morgan fingerprint density at radius 2 is 2.10 bits per heavy atom. The number of fused-ring (bicyclic) bond motifs is 1. The summed E-state index contributed by atoms with van der Waals surface area (Å²) in [7, 11) is 0. The molecule has 0 saturated heterocycles. The largest absolute Gasteiger partial charge is 0.415 e. The predicted octanol–water partition coefficient (Wildman–Crippen LogP) is 3.86. The Kier molecular flexibility index (Phi) is 5.78. The molecule has 2 aromatic rings. The van der Waals surface area contributed by atoms with Crippen LogP contribution in [0.4, 0.5) is 8.78 Å². The van der Waals surface area contributed by atoms with Gasteiger partial charge in [0.15, 0.2) is 0 Å². The van der Waals surface area contributed by atoms with Gasteiger partial charge in [-0.1, -0.05) is 25.8 Å². The third kappa shape index (κ3) is 3.93. The second-order valence-corrected chi connectivity index (χ2v) is 7.83. The van der Waals surface area contributed by atoms with Crippen LogP contribution < -0.4 is 5.32 Å². The van der Waals surface area contributed by atoms with Gasteiger partial charge in [-0.2, -0.15) is 8.78 Å². The fourth-order valence-corrected chi connectivity index (χ4v) is 4.32. The SMILES string of the molecule is CCCC(=O)N[C@@H]1CCCC[C@H]1N1Cc2ccc(-c3nnc(C(F)F)o3)cc2C1=O. The first-order chi connectivity index (χ1) is 14.5. The second-order valence-electron chi connectivity index (χ2n) is 7.83. The van der Waals surface area contributed by atoms with Gasteiger partial charge >= 0.3 is 6.43 Å². The van der Waals surface area contributed by atoms with E-state index in [9.17, 15) is 18.4 Å². The monoisotopic (exact) mass is 418 g/mol. The van der Waals surface area contributed by atoms with E-state index in [4.69, 9.17) is 4.42 Å². The zero-order chi connectivity index (χ0) is 21.3. The van der Waals surface area contributed by atoms with Gasteiger partial charge in [-0.15, -0.1) is 10.2 Å². The summed E-state index contributed by atoms with van der Waals surface area (Å²) in [5, 5.41) is 10.1. The standard InChI is InChI=1S/C21H24F2N4O3/c1-2-5-17(28)24-15-6-3-4-7-16(15)27-11-13-9-8-12(10-14(13)21(27)29)19-25-26-20(30-19)18(22)23/h8-10,15-16,18H,2-7,11H2,1H3,(H,24,28)/t15-,16-/m1/s1. The van der Waals surface area contributed by atoms with Crippen molar-refractivity contribution < 1.29 is 22.8 Å². The third-order valence-corrected chi connectivity index (χ3v) is 5.77. The lowest BCUT2D eigenvalue weighted by Gasteiger charge is -2.38. The molecule has 1 fully saturated rings. The molecule has 0 unspecified atom stereocenters. The van der Waals surface area contributed by atoms with Crippen molar-refractivity contribution in [1.29, 1.82) is 0 Å². The van der Waals surface area contributed by atoms with E-state index < -0.39 is 12.3 Å². The molecule has 1 aromatic heterocycles. The van der Waals surface area contributed by atoms with Gasteiger partial charge in [0, 0.05) is 30.1 Å². The minimum Gasteiger partial charge on any atom is -0.415 e. The fourth-order valence-electron chi connectivity index (χ4n) is 4.32. The number of halogens is 2. The van der Waals surface area contributed by atoms with Crippen LogP contribution in [0.2, 0.25) is 0 Å². The Labute approximate surface area is 172 Å². The minimum atomic E-state index is -2.84. The quantitative estimate of drug-likeness (QED) is 0.770. The first-order valence-electron chi connectivity index (χ1n) is 10.3. The molecule has 0 bridgehead atoms. The molecule has 160 valence electrons. The highest BCUT2D eigenvalue weighted by Gasteiger charge is 2.38. The van der Waals surface area contributed by atoms with E-state index in [0.29, 0.717) is 24.1 Å². The van der Waals surface area contributed by atoms with Crippen LogP contribution in [0, 0.1) is 0 Å². The van der Waals surface area contributed by atoms with E-state index in [1.165, 1.54) is 0 Å². The minimum absolute atomic E-state index is 0.0204. The van der Waals surface area contributed by atoms with E-state index in [0.717, 1.165) is 37.7 Å². The van der Waals surface area contributed by atoms with E-state index in [1.54, 1.807) is 18.2 Å². The van der Waals surface area contributed by atoms with Crippen molar-refractivity contribution in [3.63, 3.8) is 0 Å². The number of amides is 2. The van der Waals surface area contributed by atoms with Crippen LogP contribution in [-0.2, 0) is 11.3 Å². The number of benzene rings is 1. The number of alkyl halides is 2. The van der Waals surface area contributed by atoms with Crippen molar-refractivity contribution in [1.82, 2.24) is 20.4 Å². The number of hydrogen-bond donors (Lipinski definition) is 1. The van der Waals surface area contributed by atoms with Gasteiger partial charge in [-0.3, -0.25) is 9.59 Å². The molecule has 0 radical (unpaired) electrons. The maximum absolute atomic E-state index is 13.2. The van der Waals surface area contributed by atoms with Crippen molar-refractivity contribution in [2.24, 2.45) is 0 Å². The van der Waals surface area contributed by atoms with Crippen LogP contribution in [0.25, 0.3) is 11.5 Å². The number of nitrogens with zero attached hydrogens (tertiary/aromatic N) is 3. The summed E-state index contributed by atoms with van der Waals surface area (Å²) in [5.41, 5.74) is 1.80. The first-order valence-corrected chi connectivity index (χ1v) is 10.3. The fraction of sp³-hybridized carbons (Fsp3) is 0.524. The molecular weight excluding hydrogens is 394 g/mol. The Bertz CT molecular complexity index is 946. The number of rotatable bonds is 6. The molecule has 1 aromatic carbocycles. The van der Waals surface area contributed by atoms with E-state index >= 15 is 0 Å². The van der Waals surface area contributed by atoms with Crippen LogP contribution in [-0.4, -0.2) is 39.0 Å². The maximum atomic E-state index is 13.2. The van der Waals surface area contributed by atoms with Crippen molar-refractivity contribution in [3.05, 3.63) is 35.2 Å². The summed E-state index contributed by atoms with van der Waals surface area (Å²) >= 11 is 0. The van der Waals surface area contributed by atoms with Gasteiger partial charge in [0.25, 0.3) is 11.8 Å². The highest BCUT2D eigenvalue weighted by Crippen LogP contribution is 2.34. The van der Waals surface area contributed by atoms with Gasteiger partial charge in [0.05, 0.1) is 6.04 Å². The Morgan fingerprint density at radius 1 is 1.30 bits per heavy atom. The highest BCUT2D eigenvalue weighted by atomic mass is 19.3. The van der Waals surface area contributed by atoms with E-state index in [-0.39, 0.29) is 29.8 Å². The summed E-state index contributed by atoms with van der Waals surface area (Å²) < 4.78 is 30.5. The second kappa shape index (κ2) is 8.49. The Balaban J connectivity index is 1.54. The van der Waals surface area contributed by atoms with Crippen molar-refractivity contribution in [3.8, 4) is 11.5 Å². The summed E-state index contributed by atoms with van der Waals surface area (Å²) in [4.78, 5) is 27.1. The molecule has 2 atom stereocenters. The average Bonchev–Trinajstić information content (AvgIpc) is 3.34. The first kappa shape index (κ1) is 20.4. The lowest BCUT2D eigenvalue weighted by molar-refractivity contribution is -0.122. The molecule has 30 heavy (non-hydrogen) atoms. The number of nitrogens with one attached hydrogen (secondary N) is 1. The lowest BCUT2D eigenvalue weighted by atomic mass is 9.89. The van der Waals surface area contributed by atoms with E-state index in [1.807, 2.05) is 11.8 Å². The summed E-state index contributed by atoms with van der Waals surface area (Å²) in [6, 6.07) is 4.99. The molecule has 1 aliphatic carbocycles. The number of carbonyl (C=O) groups excluding carboxylic acids is 2. The van der Waals surface area contributed by atoms with Crippen molar-refractivity contribution in [2.75, 3.05) is 0 Å². The van der Waals surface area contributed by atoms with Gasteiger partial charge in [-0.25, -0.2) is 0 Å². The molecular formula is C21H24F2N4O3. The molecule has 1 saturated carbocycles. The molecule has 1 N–H and O–H groups in total. The molecule has 2 amide bonds. The van der Waals surface area contributed by atoms with Crippen molar-refractivity contribution in [2.45, 2.75) is 70.5 Å². The molecule has 9 heteroatoms. The molecule has 2 heterocycles. The molecule has 2 aliphatic rings. The Morgan fingerprint density at radius 3 is 2.83 bits per heavy atom. The van der Waals surface area contributed by atoms with Gasteiger partial charge < -0.3 is 14.6 Å². The third-order valence-electron chi connectivity index (χ3n) is 5.77. The Hall–Kier alpha value is -2.84. The molecule has 1 aliphatic heterocycles. The van der Waals surface area contributed by atoms with Crippen molar-refractivity contribution >= 4 is 11.8 Å². The summed E-state index contributed by atoms with van der Waals surface area (Å²) in [6.45, 7) is 2.43. The van der Waals surface area contributed by atoms with Gasteiger partial charge in [0.1, 0.15) is 0 Å². The van der Waals surface area contributed by atoms with Crippen LogP contribution in [0.15, 0.2) is 22.6 Å². The maximum Gasteiger partial charge on any atom is 0.314 e. The average molecular weight is 418 g/mol. The zero-order valence-electron chi connectivity index (χ0n) is 16.7. The highest BCUT2D eigenvalue weighted by molar-refractivity contribution is 5.99. The lowest BCUT2D eigenvalue weighted by Crippen LogP contribution is -2.53. The number of carbonyl (C=O) groups is 2. The van der Waals surface area contributed by atoms with Crippen LogP contribution >= 0.6 is 0 Å². The smallest absolute Gasteiger partial charge is 0.314 e. The van der Waals surface area contributed by atoms with E-state index in [2.05, 4.69) is 15.5 Å². The van der Waals surface area contributed by atoms with Crippen LogP contribution in [0.5, 0.6) is 0 Å². The van der Waals surface area contributed by atoms with Gasteiger partial charge in [0.2, 0.25) is 11.8 Å². The summed E-state index contributed by atoms with van der Waals surface area (Å²) in [6.07, 6.45) is 2.14. The number of hydrogen-bond acceptors (Lipinski definition) is 5.